The van der Waals surface area contributed by atoms with Gasteiger partial charge in [0.05, 0.1) is 5.41 Å². The molecule has 0 bridgehead atoms. The molecule has 0 saturated carbocycles. The fourth-order valence-corrected chi connectivity index (χ4v) is 2.73. The first-order valence-corrected chi connectivity index (χ1v) is 5.73. The van der Waals surface area contributed by atoms with E-state index < -0.39 is 0 Å². The summed E-state index contributed by atoms with van der Waals surface area (Å²) in [6, 6.07) is 7.83. The fourth-order valence-electron chi connectivity index (χ4n) is 2.73. The summed E-state index contributed by atoms with van der Waals surface area (Å²) < 4.78 is 5.38. The van der Waals surface area contributed by atoms with E-state index >= 15 is 0 Å². The zero-order valence-electron chi connectivity index (χ0n) is 9.40. The highest BCUT2D eigenvalue weighted by atomic mass is 16.5. The van der Waals surface area contributed by atoms with E-state index in [1.807, 2.05) is 24.3 Å². The molecule has 2 heterocycles. The van der Waals surface area contributed by atoms with Gasteiger partial charge in [0.15, 0.2) is 0 Å². The zero-order valence-corrected chi connectivity index (χ0v) is 9.40. The standard InChI is InChI=1S/C13H15NO2/c1-14-8-6-13(7-9-14)10-4-2-3-5-11(10)16-12(13)15/h2-5H,6-9H2,1H3. The van der Waals surface area contributed by atoms with Gasteiger partial charge in [-0.1, -0.05) is 18.2 Å². The summed E-state index contributed by atoms with van der Waals surface area (Å²) in [6.07, 6.45) is 1.75. The van der Waals surface area contributed by atoms with Crippen molar-refractivity contribution >= 4 is 5.97 Å². The van der Waals surface area contributed by atoms with Crippen molar-refractivity contribution in [3.8, 4) is 5.75 Å². The van der Waals surface area contributed by atoms with Crippen LogP contribution in [-0.2, 0) is 10.2 Å². The molecule has 0 aromatic heterocycles. The summed E-state index contributed by atoms with van der Waals surface area (Å²) in [6.45, 7) is 1.92. The van der Waals surface area contributed by atoms with E-state index in [0.717, 1.165) is 37.2 Å². The maximum Gasteiger partial charge on any atom is 0.322 e. The normalized spacial score (nSPS) is 23.2. The first-order chi connectivity index (χ1) is 7.72. The van der Waals surface area contributed by atoms with Gasteiger partial charge in [-0.3, -0.25) is 4.79 Å². The van der Waals surface area contributed by atoms with Crippen LogP contribution in [0.15, 0.2) is 24.3 Å². The molecule has 16 heavy (non-hydrogen) atoms. The molecule has 0 unspecified atom stereocenters. The van der Waals surface area contributed by atoms with Crippen molar-refractivity contribution in [2.45, 2.75) is 18.3 Å². The number of carbonyl (C=O) groups excluding carboxylic acids is 1. The van der Waals surface area contributed by atoms with Crippen molar-refractivity contribution in [1.82, 2.24) is 4.90 Å². The lowest BCUT2D eigenvalue weighted by molar-refractivity contribution is -0.140. The lowest BCUT2D eigenvalue weighted by Crippen LogP contribution is -2.44. The van der Waals surface area contributed by atoms with E-state index in [4.69, 9.17) is 4.74 Å². The highest BCUT2D eigenvalue weighted by Gasteiger charge is 2.49. The molecular formula is C13H15NO2. The molecule has 1 saturated heterocycles. The van der Waals surface area contributed by atoms with Crippen LogP contribution in [0, 0.1) is 0 Å². The quantitative estimate of drug-likeness (QED) is 0.488. The Bertz CT molecular complexity index is 433. The number of likely N-dealkylation sites (tertiary alicyclic amines) is 1. The van der Waals surface area contributed by atoms with Gasteiger partial charge < -0.3 is 9.64 Å². The maximum atomic E-state index is 12.1. The van der Waals surface area contributed by atoms with Gasteiger partial charge in [-0.15, -0.1) is 0 Å². The van der Waals surface area contributed by atoms with Gasteiger partial charge in [-0.05, 0) is 39.0 Å². The first kappa shape index (κ1) is 9.85. The minimum Gasteiger partial charge on any atom is -0.426 e. The largest absolute Gasteiger partial charge is 0.426 e. The maximum absolute atomic E-state index is 12.1. The molecule has 0 atom stereocenters. The number of hydrogen-bond acceptors (Lipinski definition) is 3. The van der Waals surface area contributed by atoms with Crippen LogP contribution in [0.2, 0.25) is 0 Å². The van der Waals surface area contributed by atoms with Crippen molar-refractivity contribution in [3.63, 3.8) is 0 Å². The zero-order chi connectivity index (χ0) is 11.2. The van der Waals surface area contributed by atoms with Crippen LogP contribution in [0.25, 0.3) is 0 Å². The Hall–Kier alpha value is -1.35. The lowest BCUT2D eigenvalue weighted by Gasteiger charge is -2.34. The Morgan fingerprint density at radius 1 is 1.25 bits per heavy atom. The average Bonchev–Trinajstić information content (AvgIpc) is 2.57. The topological polar surface area (TPSA) is 29.5 Å². The molecule has 84 valence electrons. The second-order valence-electron chi connectivity index (χ2n) is 4.77. The number of hydrogen-bond donors (Lipinski definition) is 0. The number of ether oxygens (including phenoxy) is 1. The molecule has 1 fully saturated rings. The smallest absolute Gasteiger partial charge is 0.322 e. The van der Waals surface area contributed by atoms with E-state index in [0.29, 0.717) is 0 Å². The molecule has 1 spiro atoms. The van der Waals surface area contributed by atoms with Crippen molar-refractivity contribution in [2.24, 2.45) is 0 Å². The molecule has 0 N–H and O–H groups in total. The van der Waals surface area contributed by atoms with Crippen LogP contribution in [0.3, 0.4) is 0 Å². The predicted molar refractivity (Wildman–Crippen MR) is 60.5 cm³/mol. The van der Waals surface area contributed by atoms with Crippen molar-refractivity contribution in [1.29, 1.82) is 0 Å². The lowest BCUT2D eigenvalue weighted by atomic mass is 9.74. The summed E-state index contributed by atoms with van der Waals surface area (Å²) >= 11 is 0. The van der Waals surface area contributed by atoms with Gasteiger partial charge in [-0.2, -0.15) is 0 Å². The Kier molecular flexibility index (Phi) is 2.04. The minimum absolute atomic E-state index is 0.0539. The third-order valence-corrected chi connectivity index (χ3v) is 3.84. The fraction of sp³-hybridized carbons (Fsp3) is 0.462. The van der Waals surface area contributed by atoms with Crippen LogP contribution < -0.4 is 4.74 Å². The van der Waals surface area contributed by atoms with Crippen LogP contribution >= 0.6 is 0 Å². The van der Waals surface area contributed by atoms with Gasteiger partial charge in [0.25, 0.3) is 0 Å². The molecule has 1 aromatic rings. The molecular weight excluding hydrogens is 202 g/mol. The second-order valence-corrected chi connectivity index (χ2v) is 4.77. The van der Waals surface area contributed by atoms with Crippen LogP contribution in [-0.4, -0.2) is 31.0 Å². The summed E-state index contributed by atoms with van der Waals surface area (Å²) in [5.41, 5.74) is 0.733. The second kappa shape index (κ2) is 3.32. The number of para-hydroxylation sites is 1. The Morgan fingerprint density at radius 3 is 2.69 bits per heavy atom. The van der Waals surface area contributed by atoms with E-state index in [2.05, 4.69) is 11.9 Å². The van der Waals surface area contributed by atoms with E-state index in [1.54, 1.807) is 0 Å². The number of fused-ring (bicyclic) bond motifs is 2. The average molecular weight is 217 g/mol. The van der Waals surface area contributed by atoms with E-state index in [-0.39, 0.29) is 11.4 Å². The van der Waals surface area contributed by atoms with Gasteiger partial charge in [0, 0.05) is 5.56 Å². The molecule has 2 aliphatic rings. The molecule has 0 aliphatic carbocycles. The number of benzene rings is 1. The summed E-state index contributed by atoms with van der Waals surface area (Å²) in [4.78, 5) is 14.3. The molecule has 2 aliphatic heterocycles. The van der Waals surface area contributed by atoms with Gasteiger partial charge >= 0.3 is 5.97 Å². The monoisotopic (exact) mass is 217 g/mol. The third-order valence-electron chi connectivity index (χ3n) is 3.84. The molecule has 3 heteroatoms. The van der Waals surface area contributed by atoms with Crippen LogP contribution in [0.1, 0.15) is 18.4 Å². The number of rotatable bonds is 0. The van der Waals surface area contributed by atoms with Crippen molar-refractivity contribution < 1.29 is 9.53 Å². The highest BCUT2D eigenvalue weighted by molar-refractivity contribution is 5.90. The van der Waals surface area contributed by atoms with E-state index in [9.17, 15) is 4.79 Å². The predicted octanol–water partition coefficient (Wildman–Crippen LogP) is 1.57. The Morgan fingerprint density at radius 2 is 1.94 bits per heavy atom. The number of carbonyl (C=O) groups is 1. The molecule has 3 rings (SSSR count). The first-order valence-electron chi connectivity index (χ1n) is 5.73. The van der Waals surface area contributed by atoms with Crippen LogP contribution in [0.4, 0.5) is 0 Å². The number of esters is 1. The third kappa shape index (κ3) is 1.21. The molecule has 1 aromatic carbocycles. The Balaban J connectivity index is 2.04. The summed E-state index contributed by atoms with van der Waals surface area (Å²) in [5, 5.41) is 0. The summed E-state index contributed by atoms with van der Waals surface area (Å²) in [5.74, 6) is 0.707. The molecule has 0 amide bonds. The molecule has 3 nitrogen and oxygen atoms in total. The number of nitrogens with zero attached hydrogens (tertiary/aromatic N) is 1. The summed E-state index contributed by atoms with van der Waals surface area (Å²) in [7, 11) is 2.10. The van der Waals surface area contributed by atoms with Crippen molar-refractivity contribution in [3.05, 3.63) is 29.8 Å². The van der Waals surface area contributed by atoms with Crippen molar-refractivity contribution in [2.75, 3.05) is 20.1 Å². The highest BCUT2D eigenvalue weighted by Crippen LogP contribution is 2.45. The van der Waals surface area contributed by atoms with Crippen LogP contribution in [0.5, 0.6) is 5.75 Å². The van der Waals surface area contributed by atoms with E-state index in [1.165, 1.54) is 0 Å². The van der Waals surface area contributed by atoms with Gasteiger partial charge in [0.1, 0.15) is 5.75 Å². The number of piperidine rings is 1. The molecule has 0 radical (unpaired) electrons. The SMILES string of the molecule is CN1CCC2(CC1)C(=O)Oc1ccccc12. The Labute approximate surface area is 95.0 Å². The van der Waals surface area contributed by atoms with Gasteiger partial charge in [-0.25, -0.2) is 0 Å². The minimum atomic E-state index is -0.358. The van der Waals surface area contributed by atoms with Gasteiger partial charge in [0.2, 0.25) is 0 Å².